The summed E-state index contributed by atoms with van der Waals surface area (Å²) in [5, 5.41) is 3.14. The van der Waals surface area contributed by atoms with E-state index in [1.54, 1.807) is 36.4 Å². The topological polar surface area (TPSA) is 115 Å². The number of carbonyl (C=O) groups excluding carboxylic acids is 2. The minimum Gasteiger partial charge on any atom is -0.468 e. The Morgan fingerprint density at radius 1 is 1.06 bits per heavy atom. The van der Waals surface area contributed by atoms with Crippen molar-refractivity contribution in [2.45, 2.75) is 24.5 Å². The Bertz CT molecular complexity index is 1140. The fourth-order valence-electron chi connectivity index (χ4n) is 2.49. The maximum Gasteiger partial charge on any atom is 0.338 e. The number of sulfonamides is 1. The van der Waals surface area contributed by atoms with E-state index in [0.717, 1.165) is 0 Å². The normalized spacial score (nSPS) is 12.2. The van der Waals surface area contributed by atoms with Crippen LogP contribution in [0.4, 0.5) is 5.69 Å². The number of esters is 1. The highest BCUT2D eigenvalue weighted by molar-refractivity contribution is 7.89. The zero-order valence-corrected chi connectivity index (χ0v) is 17.9. The standard InChI is InChI=1S/C21H19ClN2O6S/c1-14(20(25)24-17-8-6-16(22)7-9-17)30-21(26)15-4-10-19(11-5-15)31(27,28)23-13-18-3-2-12-29-18/h2-12,14,23H,13H2,1H3,(H,24,25)/t14-/m0/s1. The number of rotatable bonds is 8. The number of furan rings is 1. The average Bonchev–Trinajstić information content (AvgIpc) is 3.28. The number of nitrogens with one attached hydrogen (secondary N) is 2. The van der Waals surface area contributed by atoms with E-state index in [0.29, 0.717) is 16.5 Å². The van der Waals surface area contributed by atoms with Gasteiger partial charge in [0.05, 0.1) is 23.3 Å². The van der Waals surface area contributed by atoms with Crippen LogP contribution in [-0.2, 0) is 26.1 Å². The molecule has 0 spiro atoms. The van der Waals surface area contributed by atoms with E-state index < -0.39 is 28.0 Å². The monoisotopic (exact) mass is 462 g/mol. The van der Waals surface area contributed by atoms with Crippen molar-refractivity contribution in [1.82, 2.24) is 4.72 Å². The van der Waals surface area contributed by atoms with Crippen molar-refractivity contribution in [2.75, 3.05) is 5.32 Å². The van der Waals surface area contributed by atoms with Gasteiger partial charge in [0.15, 0.2) is 6.10 Å². The molecule has 0 bridgehead atoms. The molecule has 0 aliphatic rings. The third kappa shape index (κ3) is 6.17. The summed E-state index contributed by atoms with van der Waals surface area (Å²) in [6.45, 7) is 1.43. The second-order valence-electron chi connectivity index (χ2n) is 6.47. The number of hydrogen-bond donors (Lipinski definition) is 2. The van der Waals surface area contributed by atoms with Crippen LogP contribution in [0.15, 0.2) is 76.2 Å². The van der Waals surface area contributed by atoms with Crippen molar-refractivity contribution >= 4 is 39.2 Å². The van der Waals surface area contributed by atoms with E-state index in [2.05, 4.69) is 10.0 Å². The smallest absolute Gasteiger partial charge is 0.338 e. The third-order valence-electron chi connectivity index (χ3n) is 4.18. The zero-order chi connectivity index (χ0) is 22.4. The maximum absolute atomic E-state index is 12.3. The Morgan fingerprint density at radius 3 is 2.35 bits per heavy atom. The lowest BCUT2D eigenvalue weighted by atomic mass is 10.2. The van der Waals surface area contributed by atoms with Gasteiger partial charge in [0.1, 0.15) is 5.76 Å². The Morgan fingerprint density at radius 2 is 1.74 bits per heavy atom. The van der Waals surface area contributed by atoms with E-state index in [4.69, 9.17) is 20.8 Å². The molecule has 1 aromatic heterocycles. The number of ether oxygens (including phenoxy) is 1. The van der Waals surface area contributed by atoms with Crippen LogP contribution in [0.5, 0.6) is 0 Å². The second-order valence-corrected chi connectivity index (χ2v) is 8.68. The molecular weight excluding hydrogens is 444 g/mol. The summed E-state index contributed by atoms with van der Waals surface area (Å²) in [7, 11) is -3.79. The molecule has 0 radical (unpaired) electrons. The molecule has 0 saturated heterocycles. The second kappa shape index (κ2) is 9.78. The van der Waals surface area contributed by atoms with Gasteiger partial charge in [-0.05, 0) is 67.6 Å². The summed E-state index contributed by atoms with van der Waals surface area (Å²) >= 11 is 5.80. The molecule has 1 heterocycles. The fourth-order valence-corrected chi connectivity index (χ4v) is 3.61. The highest BCUT2D eigenvalue weighted by atomic mass is 35.5. The number of hydrogen-bond acceptors (Lipinski definition) is 6. The van der Waals surface area contributed by atoms with Gasteiger partial charge in [0.2, 0.25) is 10.0 Å². The molecule has 3 rings (SSSR count). The molecule has 1 amide bonds. The SMILES string of the molecule is C[C@H](OC(=O)c1ccc(S(=O)(=O)NCc2ccco2)cc1)C(=O)Nc1ccc(Cl)cc1. The summed E-state index contributed by atoms with van der Waals surface area (Å²) in [6, 6.07) is 15.0. The Kier molecular flexibility index (Phi) is 7.11. The minimum absolute atomic E-state index is 0.000623. The van der Waals surface area contributed by atoms with Crippen LogP contribution in [-0.4, -0.2) is 26.4 Å². The summed E-state index contributed by atoms with van der Waals surface area (Å²) in [5.74, 6) is -0.808. The van der Waals surface area contributed by atoms with Gasteiger partial charge in [-0.25, -0.2) is 17.9 Å². The van der Waals surface area contributed by atoms with Crippen molar-refractivity contribution in [1.29, 1.82) is 0 Å². The van der Waals surface area contributed by atoms with Gasteiger partial charge in [-0.1, -0.05) is 11.6 Å². The summed E-state index contributed by atoms with van der Waals surface area (Å²) in [6.07, 6.45) is 0.377. The van der Waals surface area contributed by atoms with Crippen LogP contribution in [0.2, 0.25) is 5.02 Å². The lowest BCUT2D eigenvalue weighted by molar-refractivity contribution is -0.123. The van der Waals surface area contributed by atoms with Gasteiger partial charge in [-0.2, -0.15) is 0 Å². The highest BCUT2D eigenvalue weighted by Gasteiger charge is 2.20. The van der Waals surface area contributed by atoms with E-state index in [1.165, 1.54) is 37.5 Å². The van der Waals surface area contributed by atoms with Gasteiger partial charge in [-0.15, -0.1) is 0 Å². The predicted octanol–water partition coefficient (Wildman–Crippen LogP) is 3.60. The molecule has 1 atom stereocenters. The summed E-state index contributed by atoms with van der Waals surface area (Å²) < 4.78 is 37.3. The Labute approximate surface area is 184 Å². The van der Waals surface area contributed by atoms with Crippen LogP contribution in [0, 0.1) is 0 Å². The van der Waals surface area contributed by atoms with Crippen LogP contribution in [0.3, 0.4) is 0 Å². The first-order valence-corrected chi connectivity index (χ1v) is 11.0. The van der Waals surface area contributed by atoms with E-state index in [-0.39, 0.29) is 17.0 Å². The third-order valence-corrected chi connectivity index (χ3v) is 5.85. The number of anilines is 1. The average molecular weight is 463 g/mol. The van der Waals surface area contributed by atoms with Crippen molar-refractivity contribution in [3.8, 4) is 0 Å². The molecule has 0 unspecified atom stereocenters. The number of carbonyl (C=O) groups is 2. The van der Waals surface area contributed by atoms with Gasteiger partial charge >= 0.3 is 5.97 Å². The largest absolute Gasteiger partial charge is 0.468 e. The number of amides is 1. The lowest BCUT2D eigenvalue weighted by Gasteiger charge is -2.14. The number of benzene rings is 2. The molecule has 0 aliphatic carbocycles. The Balaban J connectivity index is 1.57. The molecule has 0 aliphatic heterocycles. The van der Waals surface area contributed by atoms with Crippen LogP contribution in [0.1, 0.15) is 23.0 Å². The van der Waals surface area contributed by atoms with Crippen molar-refractivity contribution in [3.05, 3.63) is 83.3 Å². The maximum atomic E-state index is 12.3. The highest BCUT2D eigenvalue weighted by Crippen LogP contribution is 2.15. The van der Waals surface area contributed by atoms with Crippen molar-refractivity contribution < 1.29 is 27.2 Å². The van der Waals surface area contributed by atoms with Gasteiger partial charge < -0.3 is 14.5 Å². The van der Waals surface area contributed by atoms with Crippen molar-refractivity contribution in [2.24, 2.45) is 0 Å². The molecular formula is C21H19ClN2O6S. The van der Waals surface area contributed by atoms with Gasteiger partial charge in [0.25, 0.3) is 5.91 Å². The van der Waals surface area contributed by atoms with E-state index >= 15 is 0 Å². The van der Waals surface area contributed by atoms with E-state index in [9.17, 15) is 18.0 Å². The van der Waals surface area contributed by atoms with Crippen LogP contribution < -0.4 is 10.0 Å². The van der Waals surface area contributed by atoms with Crippen LogP contribution >= 0.6 is 11.6 Å². The molecule has 2 N–H and O–H groups in total. The Hall–Kier alpha value is -3.14. The quantitative estimate of drug-likeness (QED) is 0.494. The first-order valence-electron chi connectivity index (χ1n) is 9.14. The molecule has 3 aromatic rings. The lowest BCUT2D eigenvalue weighted by Crippen LogP contribution is -2.30. The van der Waals surface area contributed by atoms with Crippen LogP contribution in [0.25, 0.3) is 0 Å². The summed E-state index contributed by atoms with van der Waals surface area (Å²) in [5.41, 5.74) is 0.616. The molecule has 162 valence electrons. The molecule has 8 nitrogen and oxygen atoms in total. The fraction of sp³-hybridized carbons (Fsp3) is 0.143. The molecule has 0 saturated carbocycles. The van der Waals surface area contributed by atoms with Gasteiger partial charge in [-0.3, -0.25) is 4.79 Å². The van der Waals surface area contributed by atoms with Gasteiger partial charge in [0, 0.05) is 10.7 Å². The molecule has 2 aromatic carbocycles. The van der Waals surface area contributed by atoms with E-state index in [1.807, 2.05) is 0 Å². The molecule has 10 heteroatoms. The molecule has 31 heavy (non-hydrogen) atoms. The first-order chi connectivity index (χ1) is 14.7. The predicted molar refractivity (Wildman–Crippen MR) is 114 cm³/mol. The zero-order valence-electron chi connectivity index (χ0n) is 16.4. The minimum atomic E-state index is -3.79. The first kappa shape index (κ1) is 22.5. The number of halogens is 1. The van der Waals surface area contributed by atoms with Crippen molar-refractivity contribution in [3.63, 3.8) is 0 Å². The molecule has 0 fully saturated rings. The summed E-state index contributed by atoms with van der Waals surface area (Å²) in [4.78, 5) is 24.5.